The van der Waals surface area contributed by atoms with E-state index in [1.165, 1.54) is 6.33 Å². The first-order valence-corrected chi connectivity index (χ1v) is 5.92. The summed E-state index contributed by atoms with van der Waals surface area (Å²) in [5.41, 5.74) is 7.32. The summed E-state index contributed by atoms with van der Waals surface area (Å²) in [6.07, 6.45) is 1.69. The number of halogens is 2. The molecule has 1 aromatic heterocycles. The topological polar surface area (TPSA) is 81.2 Å². The van der Waals surface area contributed by atoms with Crippen LogP contribution in [0.3, 0.4) is 0 Å². The number of carbonyl (C=O) groups excluding carboxylic acids is 1. The van der Waals surface area contributed by atoms with E-state index in [0.717, 1.165) is 5.56 Å². The second-order valence-corrected chi connectivity index (χ2v) is 4.35. The molecule has 2 N–H and O–H groups in total. The molecule has 1 heterocycles. The Labute approximate surface area is 119 Å². The zero-order valence-electron chi connectivity index (χ0n) is 9.55. The first-order valence-electron chi connectivity index (χ1n) is 5.16. The van der Waals surface area contributed by atoms with E-state index in [0.29, 0.717) is 27.8 Å². The van der Waals surface area contributed by atoms with Gasteiger partial charge in [0, 0.05) is 5.56 Å². The van der Waals surface area contributed by atoms with Gasteiger partial charge in [0.1, 0.15) is 12.0 Å². The molecule has 0 fully saturated rings. The average molecular weight is 295 g/mol. The van der Waals surface area contributed by atoms with E-state index in [1.807, 2.05) is 0 Å². The second kappa shape index (κ2) is 5.77. The Kier molecular flexibility index (Phi) is 4.09. The molecule has 0 aliphatic heterocycles. The van der Waals surface area contributed by atoms with Crippen molar-refractivity contribution in [1.82, 2.24) is 9.97 Å². The Morgan fingerprint density at radius 1 is 1.21 bits per heavy atom. The monoisotopic (exact) mass is 294 g/mol. The first kappa shape index (κ1) is 13.5. The third kappa shape index (κ3) is 3.07. The van der Waals surface area contributed by atoms with Gasteiger partial charge in [-0.05, 0) is 18.2 Å². The van der Waals surface area contributed by atoms with Gasteiger partial charge in [-0.3, -0.25) is 4.79 Å². The molecule has 0 spiro atoms. The van der Waals surface area contributed by atoms with Gasteiger partial charge in [-0.15, -0.1) is 0 Å². The van der Waals surface area contributed by atoms with Gasteiger partial charge in [0.15, 0.2) is 5.84 Å². The van der Waals surface area contributed by atoms with Crippen LogP contribution >= 0.6 is 23.2 Å². The normalized spacial score (nSPS) is 11.4. The number of rotatable bonds is 3. The van der Waals surface area contributed by atoms with Crippen molar-refractivity contribution >= 4 is 35.4 Å². The summed E-state index contributed by atoms with van der Waals surface area (Å²) in [7, 11) is 0. The van der Waals surface area contributed by atoms with Crippen molar-refractivity contribution in [3.05, 3.63) is 46.3 Å². The van der Waals surface area contributed by atoms with Crippen LogP contribution in [0.2, 0.25) is 10.0 Å². The quantitative estimate of drug-likeness (QED) is 0.535. The molecule has 0 unspecified atom stereocenters. The van der Waals surface area contributed by atoms with E-state index >= 15 is 0 Å². The molecule has 0 aliphatic rings. The van der Waals surface area contributed by atoms with Crippen LogP contribution in [0.15, 0.2) is 35.6 Å². The molecule has 0 radical (unpaired) electrons. The largest absolute Gasteiger partial charge is 0.382 e. The number of aliphatic imine (C=N–C) groups is 1. The van der Waals surface area contributed by atoms with E-state index in [4.69, 9.17) is 28.9 Å². The Balaban J connectivity index is 2.45. The predicted molar refractivity (Wildman–Crippen MR) is 74.3 cm³/mol. The predicted octanol–water partition coefficient (Wildman–Crippen LogP) is 2.31. The van der Waals surface area contributed by atoms with E-state index in [9.17, 15) is 4.79 Å². The van der Waals surface area contributed by atoms with Crippen LogP contribution in [0.4, 0.5) is 0 Å². The number of hydrogen-bond donors (Lipinski definition) is 1. The summed E-state index contributed by atoms with van der Waals surface area (Å²) in [6.45, 7) is 0. The summed E-state index contributed by atoms with van der Waals surface area (Å²) in [6, 6.07) is 6.74. The third-order valence-electron chi connectivity index (χ3n) is 2.34. The zero-order chi connectivity index (χ0) is 13.8. The maximum Gasteiger partial charge on any atom is 0.234 e. The number of aromatic nitrogens is 2. The lowest BCUT2D eigenvalue weighted by Crippen LogP contribution is -2.15. The Morgan fingerprint density at radius 2 is 2.00 bits per heavy atom. The van der Waals surface area contributed by atoms with Crippen LogP contribution < -0.4 is 5.73 Å². The highest BCUT2D eigenvalue weighted by atomic mass is 35.5. The van der Waals surface area contributed by atoms with Crippen molar-refractivity contribution in [2.45, 2.75) is 0 Å². The van der Waals surface area contributed by atoms with Gasteiger partial charge in [-0.25, -0.2) is 9.97 Å². The van der Waals surface area contributed by atoms with Gasteiger partial charge in [0.2, 0.25) is 6.41 Å². The fraction of sp³-hybridized carbons (Fsp3) is 0. The van der Waals surface area contributed by atoms with E-state index in [1.54, 1.807) is 24.3 Å². The average Bonchev–Trinajstić information content (AvgIpc) is 2.42. The van der Waals surface area contributed by atoms with Crippen LogP contribution in [0, 0.1) is 0 Å². The number of nitrogens with two attached hydrogens (primary N) is 1. The summed E-state index contributed by atoms with van der Waals surface area (Å²) >= 11 is 11.8. The Morgan fingerprint density at radius 3 is 2.68 bits per heavy atom. The minimum absolute atomic E-state index is 0.0266. The molecule has 96 valence electrons. The minimum atomic E-state index is 0.0266. The summed E-state index contributed by atoms with van der Waals surface area (Å²) in [4.78, 5) is 21.8. The highest BCUT2D eigenvalue weighted by molar-refractivity contribution is 6.42. The molecule has 0 atom stereocenters. The molecular formula is C12H8Cl2N4O. The van der Waals surface area contributed by atoms with Gasteiger partial charge >= 0.3 is 0 Å². The minimum Gasteiger partial charge on any atom is -0.382 e. The lowest BCUT2D eigenvalue weighted by molar-refractivity contribution is -0.106. The number of amidine groups is 1. The molecule has 5 nitrogen and oxygen atoms in total. The van der Waals surface area contributed by atoms with Crippen LogP contribution in [0.1, 0.15) is 5.69 Å². The third-order valence-corrected chi connectivity index (χ3v) is 3.08. The van der Waals surface area contributed by atoms with Crippen LogP contribution in [0.25, 0.3) is 11.3 Å². The number of amides is 1. The highest BCUT2D eigenvalue weighted by Crippen LogP contribution is 2.27. The number of hydrogen-bond acceptors (Lipinski definition) is 3. The maximum absolute atomic E-state index is 10.3. The molecule has 0 saturated heterocycles. The molecule has 7 heteroatoms. The van der Waals surface area contributed by atoms with Gasteiger partial charge < -0.3 is 5.73 Å². The highest BCUT2D eigenvalue weighted by Gasteiger charge is 2.07. The van der Waals surface area contributed by atoms with Crippen LogP contribution in [-0.2, 0) is 4.79 Å². The molecule has 0 aliphatic carbocycles. The lowest BCUT2D eigenvalue weighted by atomic mass is 10.1. The Bertz CT molecular complexity index is 658. The smallest absolute Gasteiger partial charge is 0.234 e. The standard InChI is InChI=1S/C12H8Cl2N4O/c13-8-2-1-7(3-9(8)14)10-4-11(17-5-16-10)12(15)18-6-19/h1-6H,(H2,15,18,19). The van der Waals surface area contributed by atoms with Crippen molar-refractivity contribution in [3.8, 4) is 11.3 Å². The molecular weight excluding hydrogens is 287 g/mol. The number of benzene rings is 1. The molecule has 1 amide bonds. The molecule has 0 saturated carbocycles. The van der Waals surface area contributed by atoms with Gasteiger partial charge in [0.25, 0.3) is 0 Å². The van der Waals surface area contributed by atoms with E-state index < -0.39 is 0 Å². The second-order valence-electron chi connectivity index (χ2n) is 3.54. The van der Waals surface area contributed by atoms with Gasteiger partial charge in [0.05, 0.1) is 15.7 Å². The molecule has 19 heavy (non-hydrogen) atoms. The lowest BCUT2D eigenvalue weighted by Gasteiger charge is -2.04. The first-order chi connectivity index (χ1) is 9.11. The zero-order valence-corrected chi connectivity index (χ0v) is 11.1. The Hall–Kier alpha value is -1.98. The van der Waals surface area contributed by atoms with Gasteiger partial charge in [-0.2, -0.15) is 4.99 Å². The van der Waals surface area contributed by atoms with Crippen LogP contribution in [-0.4, -0.2) is 22.2 Å². The number of nitrogens with zero attached hydrogens (tertiary/aromatic N) is 3. The van der Waals surface area contributed by atoms with Crippen molar-refractivity contribution in [2.75, 3.05) is 0 Å². The fourth-order valence-electron chi connectivity index (χ4n) is 1.43. The van der Waals surface area contributed by atoms with E-state index in [-0.39, 0.29) is 5.84 Å². The van der Waals surface area contributed by atoms with Gasteiger partial charge in [-0.1, -0.05) is 29.3 Å². The summed E-state index contributed by atoms with van der Waals surface area (Å²) < 4.78 is 0. The van der Waals surface area contributed by atoms with Crippen LogP contribution in [0.5, 0.6) is 0 Å². The summed E-state index contributed by atoms with van der Waals surface area (Å²) in [5, 5.41) is 0.885. The molecule has 1 aromatic carbocycles. The maximum atomic E-state index is 10.3. The fourth-order valence-corrected chi connectivity index (χ4v) is 1.73. The molecule has 2 aromatic rings. The molecule has 0 bridgehead atoms. The van der Waals surface area contributed by atoms with E-state index in [2.05, 4.69) is 15.0 Å². The van der Waals surface area contributed by atoms with Crippen molar-refractivity contribution in [3.63, 3.8) is 0 Å². The SMILES string of the molecule is NC(=NC=O)c1cc(-c2ccc(Cl)c(Cl)c2)ncn1. The molecule has 2 rings (SSSR count). The number of carbonyl (C=O) groups is 1. The van der Waals surface area contributed by atoms with Crippen molar-refractivity contribution in [2.24, 2.45) is 10.7 Å². The van der Waals surface area contributed by atoms with Crippen molar-refractivity contribution < 1.29 is 4.79 Å². The van der Waals surface area contributed by atoms with Crippen molar-refractivity contribution in [1.29, 1.82) is 0 Å². The summed E-state index contributed by atoms with van der Waals surface area (Å²) in [5.74, 6) is 0.0266.